The van der Waals surface area contributed by atoms with Crippen molar-refractivity contribution in [1.29, 1.82) is 0 Å². The van der Waals surface area contributed by atoms with Crippen LogP contribution in [0.2, 0.25) is 0 Å². The standard InChI is InChI=1S/C16H24N2O3/c1-17-11-13-7-8-18(12-13)16(19)14-3-5-15(6-4-14)21-10-9-20-2/h3-6,13,17H,7-12H2,1-2H3. The Morgan fingerprint density at radius 2 is 2.10 bits per heavy atom. The number of carbonyl (C=O) groups excluding carboxylic acids is 1. The van der Waals surface area contributed by atoms with Gasteiger partial charge in [-0.1, -0.05) is 0 Å². The molecular weight excluding hydrogens is 268 g/mol. The topological polar surface area (TPSA) is 50.8 Å². The monoisotopic (exact) mass is 292 g/mol. The van der Waals surface area contributed by atoms with E-state index < -0.39 is 0 Å². The first-order valence-corrected chi connectivity index (χ1v) is 7.40. The minimum absolute atomic E-state index is 0.108. The normalized spacial score (nSPS) is 18.0. The third-order valence-electron chi connectivity index (χ3n) is 3.72. The molecule has 0 radical (unpaired) electrons. The molecule has 1 saturated heterocycles. The third-order valence-corrected chi connectivity index (χ3v) is 3.72. The van der Waals surface area contributed by atoms with E-state index in [-0.39, 0.29) is 5.91 Å². The van der Waals surface area contributed by atoms with Crippen molar-refractivity contribution in [3.8, 4) is 5.75 Å². The lowest BCUT2D eigenvalue weighted by Gasteiger charge is -2.17. The number of methoxy groups -OCH3 is 1. The number of nitrogens with one attached hydrogen (secondary N) is 1. The molecule has 1 aliphatic heterocycles. The number of carbonyl (C=O) groups is 1. The lowest BCUT2D eigenvalue weighted by Crippen LogP contribution is -2.30. The van der Waals surface area contributed by atoms with Crippen molar-refractivity contribution in [2.45, 2.75) is 6.42 Å². The van der Waals surface area contributed by atoms with Crippen LogP contribution in [-0.4, -0.2) is 57.8 Å². The van der Waals surface area contributed by atoms with Crippen LogP contribution in [0.1, 0.15) is 16.8 Å². The molecule has 1 amide bonds. The molecule has 1 atom stereocenters. The summed E-state index contributed by atoms with van der Waals surface area (Å²) >= 11 is 0. The number of rotatable bonds is 7. The van der Waals surface area contributed by atoms with Gasteiger partial charge in [0.2, 0.25) is 0 Å². The fourth-order valence-electron chi connectivity index (χ4n) is 2.59. The highest BCUT2D eigenvalue weighted by Crippen LogP contribution is 2.19. The maximum atomic E-state index is 12.4. The van der Waals surface area contributed by atoms with E-state index in [1.807, 2.05) is 36.2 Å². The highest BCUT2D eigenvalue weighted by molar-refractivity contribution is 5.94. The summed E-state index contributed by atoms with van der Waals surface area (Å²) in [5, 5.41) is 3.18. The maximum absolute atomic E-state index is 12.4. The fourth-order valence-corrected chi connectivity index (χ4v) is 2.59. The number of benzene rings is 1. The van der Waals surface area contributed by atoms with E-state index in [0.717, 1.165) is 37.4 Å². The summed E-state index contributed by atoms with van der Waals surface area (Å²) in [6.45, 7) is 3.72. The van der Waals surface area contributed by atoms with Crippen LogP contribution in [0, 0.1) is 5.92 Å². The first kappa shape index (κ1) is 15.8. The molecule has 0 aromatic heterocycles. The van der Waals surface area contributed by atoms with E-state index in [0.29, 0.717) is 19.1 Å². The largest absolute Gasteiger partial charge is 0.491 e. The van der Waals surface area contributed by atoms with Gasteiger partial charge in [-0.3, -0.25) is 4.79 Å². The number of ether oxygens (including phenoxy) is 2. The Morgan fingerprint density at radius 3 is 2.76 bits per heavy atom. The van der Waals surface area contributed by atoms with Crippen LogP contribution in [0.15, 0.2) is 24.3 Å². The van der Waals surface area contributed by atoms with Gasteiger partial charge in [-0.05, 0) is 50.2 Å². The Labute approximate surface area is 126 Å². The van der Waals surface area contributed by atoms with Gasteiger partial charge in [0.1, 0.15) is 12.4 Å². The van der Waals surface area contributed by atoms with Crippen LogP contribution >= 0.6 is 0 Å². The van der Waals surface area contributed by atoms with E-state index in [2.05, 4.69) is 5.32 Å². The van der Waals surface area contributed by atoms with Gasteiger partial charge in [0, 0.05) is 25.8 Å². The maximum Gasteiger partial charge on any atom is 0.253 e. The van der Waals surface area contributed by atoms with Crippen LogP contribution in [0.25, 0.3) is 0 Å². The van der Waals surface area contributed by atoms with E-state index in [9.17, 15) is 4.79 Å². The van der Waals surface area contributed by atoms with Crippen molar-refractivity contribution in [3.63, 3.8) is 0 Å². The molecule has 1 N–H and O–H groups in total. The van der Waals surface area contributed by atoms with Gasteiger partial charge in [-0.2, -0.15) is 0 Å². The molecule has 5 nitrogen and oxygen atoms in total. The molecule has 0 aliphatic carbocycles. The summed E-state index contributed by atoms with van der Waals surface area (Å²) in [5.41, 5.74) is 0.721. The molecule has 1 fully saturated rings. The van der Waals surface area contributed by atoms with Gasteiger partial charge >= 0.3 is 0 Å². The average molecular weight is 292 g/mol. The molecule has 2 rings (SSSR count). The van der Waals surface area contributed by atoms with Crippen molar-refractivity contribution in [2.75, 3.05) is 47.0 Å². The lowest BCUT2D eigenvalue weighted by molar-refractivity contribution is 0.0787. The van der Waals surface area contributed by atoms with Gasteiger partial charge < -0.3 is 19.7 Å². The minimum Gasteiger partial charge on any atom is -0.491 e. The SMILES string of the molecule is CNCC1CCN(C(=O)c2ccc(OCCOC)cc2)C1. The number of hydrogen-bond donors (Lipinski definition) is 1. The van der Waals surface area contributed by atoms with Crippen molar-refractivity contribution in [2.24, 2.45) is 5.92 Å². The third kappa shape index (κ3) is 4.44. The zero-order chi connectivity index (χ0) is 15.1. The number of hydrogen-bond acceptors (Lipinski definition) is 4. The fraction of sp³-hybridized carbons (Fsp3) is 0.562. The molecule has 0 bridgehead atoms. The second kappa shape index (κ2) is 8.00. The summed E-state index contributed by atoms with van der Waals surface area (Å²) in [4.78, 5) is 14.3. The van der Waals surface area contributed by atoms with Crippen LogP contribution < -0.4 is 10.1 Å². The molecule has 0 saturated carbocycles. The molecule has 1 aliphatic rings. The number of likely N-dealkylation sites (tertiary alicyclic amines) is 1. The highest BCUT2D eigenvalue weighted by atomic mass is 16.5. The summed E-state index contributed by atoms with van der Waals surface area (Å²) in [6, 6.07) is 7.33. The van der Waals surface area contributed by atoms with E-state index >= 15 is 0 Å². The van der Waals surface area contributed by atoms with Crippen LogP contribution in [0.3, 0.4) is 0 Å². The van der Waals surface area contributed by atoms with Gasteiger partial charge in [0.25, 0.3) is 5.91 Å². The van der Waals surface area contributed by atoms with Gasteiger partial charge in [0.15, 0.2) is 0 Å². The van der Waals surface area contributed by atoms with Gasteiger partial charge in [-0.15, -0.1) is 0 Å². The van der Waals surface area contributed by atoms with E-state index in [1.165, 1.54) is 0 Å². The first-order valence-electron chi connectivity index (χ1n) is 7.40. The zero-order valence-electron chi connectivity index (χ0n) is 12.8. The molecule has 1 aromatic carbocycles. The Morgan fingerprint density at radius 1 is 1.33 bits per heavy atom. The quantitative estimate of drug-likeness (QED) is 0.772. The molecule has 21 heavy (non-hydrogen) atoms. The molecule has 5 heteroatoms. The Kier molecular flexibility index (Phi) is 6.02. The Balaban J connectivity index is 1.88. The van der Waals surface area contributed by atoms with Gasteiger partial charge in [-0.25, -0.2) is 0 Å². The van der Waals surface area contributed by atoms with E-state index in [1.54, 1.807) is 7.11 Å². The predicted octanol–water partition coefficient (Wildman–Crippen LogP) is 1.39. The molecule has 1 heterocycles. The molecule has 0 spiro atoms. The molecule has 1 aromatic rings. The Bertz CT molecular complexity index is 447. The van der Waals surface area contributed by atoms with Crippen molar-refractivity contribution < 1.29 is 14.3 Å². The van der Waals surface area contributed by atoms with Crippen molar-refractivity contribution >= 4 is 5.91 Å². The second-order valence-corrected chi connectivity index (χ2v) is 5.33. The highest BCUT2D eigenvalue weighted by Gasteiger charge is 2.26. The molecule has 1 unspecified atom stereocenters. The Hall–Kier alpha value is -1.59. The molecule has 116 valence electrons. The van der Waals surface area contributed by atoms with Gasteiger partial charge in [0.05, 0.1) is 6.61 Å². The summed E-state index contributed by atoms with van der Waals surface area (Å²) < 4.78 is 10.4. The smallest absolute Gasteiger partial charge is 0.253 e. The lowest BCUT2D eigenvalue weighted by atomic mass is 10.1. The number of nitrogens with zero attached hydrogens (tertiary/aromatic N) is 1. The van der Waals surface area contributed by atoms with Crippen LogP contribution in [0.4, 0.5) is 0 Å². The van der Waals surface area contributed by atoms with Crippen LogP contribution in [0.5, 0.6) is 5.75 Å². The summed E-state index contributed by atoms with van der Waals surface area (Å²) in [5.74, 6) is 1.44. The van der Waals surface area contributed by atoms with Crippen LogP contribution in [-0.2, 0) is 4.74 Å². The number of amides is 1. The zero-order valence-corrected chi connectivity index (χ0v) is 12.8. The van der Waals surface area contributed by atoms with E-state index in [4.69, 9.17) is 9.47 Å². The second-order valence-electron chi connectivity index (χ2n) is 5.33. The summed E-state index contributed by atoms with van der Waals surface area (Å²) in [6.07, 6.45) is 1.07. The predicted molar refractivity (Wildman–Crippen MR) is 81.8 cm³/mol. The average Bonchev–Trinajstić information content (AvgIpc) is 2.97. The van der Waals surface area contributed by atoms with Crippen molar-refractivity contribution in [3.05, 3.63) is 29.8 Å². The minimum atomic E-state index is 0.108. The summed E-state index contributed by atoms with van der Waals surface area (Å²) in [7, 11) is 3.59. The van der Waals surface area contributed by atoms with Crippen molar-refractivity contribution in [1.82, 2.24) is 10.2 Å². The molecular formula is C16H24N2O3. The first-order chi connectivity index (χ1) is 10.2.